The summed E-state index contributed by atoms with van der Waals surface area (Å²) in [4.78, 5) is 46.4. The summed E-state index contributed by atoms with van der Waals surface area (Å²) < 4.78 is 5.41. The van der Waals surface area contributed by atoms with Gasteiger partial charge >= 0.3 is 6.09 Å². The zero-order chi connectivity index (χ0) is 21.7. The van der Waals surface area contributed by atoms with Crippen LogP contribution in [0, 0.1) is 0 Å². The van der Waals surface area contributed by atoms with Gasteiger partial charge in [0.2, 0.25) is 0 Å². The predicted octanol–water partition coefficient (Wildman–Crippen LogP) is 2.73. The summed E-state index contributed by atoms with van der Waals surface area (Å²) in [5, 5.41) is 2.52. The fourth-order valence-corrected chi connectivity index (χ4v) is 3.94. The molecule has 1 saturated heterocycles. The van der Waals surface area contributed by atoms with Gasteiger partial charge in [-0.3, -0.25) is 25.4 Å². The maximum absolute atomic E-state index is 12.3. The summed E-state index contributed by atoms with van der Waals surface area (Å²) in [5.41, 5.74) is 4.86. The maximum Gasteiger partial charge on any atom is 0.410 e. The van der Waals surface area contributed by atoms with E-state index in [0.29, 0.717) is 18.7 Å². The lowest BCUT2D eigenvalue weighted by Gasteiger charge is -2.32. The van der Waals surface area contributed by atoms with E-state index in [1.54, 1.807) is 22.4 Å². The van der Waals surface area contributed by atoms with E-state index in [0.717, 1.165) is 17.8 Å². The molecule has 0 radical (unpaired) electrons. The minimum atomic E-state index is -0.516. The number of nitrogens with one attached hydrogen (secondary N) is 2. The average Bonchev–Trinajstić information content (AvgIpc) is 3.21. The number of hydrogen-bond donors (Lipinski definition) is 2. The van der Waals surface area contributed by atoms with Crippen molar-refractivity contribution in [2.75, 3.05) is 13.1 Å². The molecule has 0 atom stereocenters. The Kier molecular flexibility index (Phi) is 6.66. The van der Waals surface area contributed by atoms with E-state index in [9.17, 15) is 14.4 Å². The number of pyridine rings is 1. The van der Waals surface area contributed by atoms with Gasteiger partial charge in [-0.15, -0.1) is 11.3 Å². The second-order valence-electron chi connectivity index (χ2n) is 7.96. The van der Waals surface area contributed by atoms with Crippen molar-refractivity contribution >= 4 is 29.2 Å². The number of carbonyl (C=O) groups excluding carboxylic acids is 3. The van der Waals surface area contributed by atoms with Crippen LogP contribution < -0.4 is 10.9 Å². The third-order valence-corrected chi connectivity index (χ3v) is 5.49. The van der Waals surface area contributed by atoms with Crippen LogP contribution in [0.15, 0.2) is 29.9 Å². The van der Waals surface area contributed by atoms with Crippen LogP contribution in [0.1, 0.15) is 65.4 Å². The SMILES string of the molecule is CC(C)(C)OC(=O)N1CCC(c2nc(C(=O)NNC(=O)c3ccncc3)cs2)CC1. The zero-order valence-corrected chi connectivity index (χ0v) is 18.0. The number of likely N-dealkylation sites (tertiary alicyclic amines) is 1. The number of thiazole rings is 1. The first-order valence-electron chi connectivity index (χ1n) is 9.67. The molecule has 3 rings (SSSR count). The fourth-order valence-electron chi connectivity index (χ4n) is 2.97. The van der Waals surface area contributed by atoms with Crippen molar-refractivity contribution in [1.82, 2.24) is 25.7 Å². The predicted molar refractivity (Wildman–Crippen MR) is 111 cm³/mol. The van der Waals surface area contributed by atoms with Crippen LogP contribution in [-0.4, -0.2) is 51.5 Å². The molecule has 30 heavy (non-hydrogen) atoms. The van der Waals surface area contributed by atoms with Crippen LogP contribution in [0.4, 0.5) is 4.79 Å². The molecule has 2 aromatic rings. The van der Waals surface area contributed by atoms with Gasteiger partial charge in [0.1, 0.15) is 11.3 Å². The molecule has 0 spiro atoms. The Hall–Kier alpha value is -3.01. The molecule has 0 aliphatic carbocycles. The van der Waals surface area contributed by atoms with Gasteiger partial charge in [-0.25, -0.2) is 9.78 Å². The quantitative estimate of drug-likeness (QED) is 0.723. The zero-order valence-electron chi connectivity index (χ0n) is 17.2. The molecule has 0 bridgehead atoms. The van der Waals surface area contributed by atoms with Crippen LogP contribution in [0.5, 0.6) is 0 Å². The van der Waals surface area contributed by atoms with Gasteiger partial charge in [-0.05, 0) is 45.7 Å². The standard InChI is InChI=1S/C20H25N5O4S/c1-20(2,3)29-19(28)25-10-6-14(7-11-25)18-22-15(12-30-18)17(27)24-23-16(26)13-4-8-21-9-5-13/h4-5,8-9,12,14H,6-7,10-11H2,1-3H3,(H,23,26)(H,24,27). The second kappa shape index (κ2) is 9.21. The number of ether oxygens (including phenoxy) is 1. The highest BCUT2D eigenvalue weighted by Crippen LogP contribution is 2.30. The highest BCUT2D eigenvalue weighted by atomic mass is 32.1. The Morgan fingerprint density at radius 3 is 2.37 bits per heavy atom. The number of rotatable bonds is 3. The van der Waals surface area contributed by atoms with Crippen molar-refractivity contribution in [3.05, 3.63) is 46.2 Å². The number of hydrazine groups is 1. The lowest BCUT2D eigenvalue weighted by Crippen LogP contribution is -2.42. The Labute approximate surface area is 178 Å². The highest BCUT2D eigenvalue weighted by molar-refractivity contribution is 7.09. The summed E-state index contributed by atoms with van der Waals surface area (Å²) in [6.45, 7) is 6.71. The minimum Gasteiger partial charge on any atom is -0.444 e. The van der Waals surface area contributed by atoms with Gasteiger partial charge in [0.15, 0.2) is 0 Å². The Bertz CT molecular complexity index is 901. The lowest BCUT2D eigenvalue weighted by molar-refractivity contribution is 0.0204. The van der Waals surface area contributed by atoms with Crippen molar-refractivity contribution in [1.29, 1.82) is 0 Å². The van der Waals surface area contributed by atoms with E-state index in [1.807, 2.05) is 20.8 Å². The number of piperidine rings is 1. The molecule has 10 heteroatoms. The van der Waals surface area contributed by atoms with Crippen LogP contribution in [-0.2, 0) is 4.74 Å². The molecular weight excluding hydrogens is 406 g/mol. The van der Waals surface area contributed by atoms with Gasteiger partial charge in [0.05, 0.1) is 5.01 Å². The van der Waals surface area contributed by atoms with Crippen LogP contribution in [0.2, 0.25) is 0 Å². The van der Waals surface area contributed by atoms with E-state index in [1.165, 1.54) is 23.7 Å². The van der Waals surface area contributed by atoms with Gasteiger partial charge in [0, 0.05) is 42.3 Å². The Morgan fingerprint density at radius 2 is 1.73 bits per heavy atom. The van der Waals surface area contributed by atoms with E-state index >= 15 is 0 Å². The molecule has 0 saturated carbocycles. The molecule has 0 unspecified atom stereocenters. The first kappa shape index (κ1) is 21.7. The Morgan fingerprint density at radius 1 is 1.10 bits per heavy atom. The van der Waals surface area contributed by atoms with Crippen LogP contribution in [0.25, 0.3) is 0 Å². The fraction of sp³-hybridized carbons (Fsp3) is 0.450. The van der Waals surface area contributed by atoms with Crippen molar-refractivity contribution in [3.8, 4) is 0 Å². The number of carbonyl (C=O) groups is 3. The second-order valence-corrected chi connectivity index (χ2v) is 8.85. The Balaban J connectivity index is 1.50. The van der Waals surface area contributed by atoms with E-state index < -0.39 is 17.4 Å². The molecule has 1 aliphatic heterocycles. The van der Waals surface area contributed by atoms with E-state index in [4.69, 9.17) is 4.74 Å². The molecule has 1 aliphatic rings. The number of hydrogen-bond acceptors (Lipinski definition) is 7. The number of aromatic nitrogens is 2. The third kappa shape index (κ3) is 5.76. The number of amides is 3. The lowest BCUT2D eigenvalue weighted by atomic mass is 9.98. The molecule has 1 fully saturated rings. The van der Waals surface area contributed by atoms with Crippen LogP contribution >= 0.6 is 11.3 Å². The topological polar surface area (TPSA) is 114 Å². The minimum absolute atomic E-state index is 0.182. The molecule has 3 heterocycles. The van der Waals surface area contributed by atoms with Gasteiger partial charge in [-0.2, -0.15) is 0 Å². The smallest absolute Gasteiger partial charge is 0.410 e. The summed E-state index contributed by atoms with van der Waals surface area (Å²) in [6, 6.07) is 3.10. The van der Waals surface area contributed by atoms with E-state index in [2.05, 4.69) is 20.8 Å². The summed E-state index contributed by atoms with van der Waals surface area (Å²) in [5.74, 6) is -0.733. The van der Waals surface area contributed by atoms with Crippen molar-refractivity contribution in [2.24, 2.45) is 0 Å². The molecule has 2 N–H and O–H groups in total. The molecule has 3 amide bonds. The first-order valence-corrected chi connectivity index (χ1v) is 10.5. The average molecular weight is 432 g/mol. The molecule has 9 nitrogen and oxygen atoms in total. The molecule has 0 aromatic carbocycles. The monoisotopic (exact) mass is 431 g/mol. The van der Waals surface area contributed by atoms with Crippen molar-refractivity contribution < 1.29 is 19.1 Å². The largest absolute Gasteiger partial charge is 0.444 e. The number of nitrogens with zero attached hydrogens (tertiary/aromatic N) is 3. The summed E-state index contributed by atoms with van der Waals surface area (Å²) >= 11 is 1.41. The summed E-state index contributed by atoms with van der Waals surface area (Å²) in [7, 11) is 0. The van der Waals surface area contributed by atoms with Crippen LogP contribution in [0.3, 0.4) is 0 Å². The normalized spacial score (nSPS) is 14.8. The third-order valence-electron chi connectivity index (χ3n) is 4.48. The first-order chi connectivity index (χ1) is 14.2. The van der Waals surface area contributed by atoms with E-state index in [-0.39, 0.29) is 17.7 Å². The highest BCUT2D eigenvalue weighted by Gasteiger charge is 2.29. The molecule has 160 valence electrons. The molecule has 2 aromatic heterocycles. The van der Waals surface area contributed by atoms with Crippen molar-refractivity contribution in [2.45, 2.75) is 45.1 Å². The van der Waals surface area contributed by atoms with Crippen molar-refractivity contribution in [3.63, 3.8) is 0 Å². The van der Waals surface area contributed by atoms with Gasteiger partial charge in [0.25, 0.3) is 11.8 Å². The van der Waals surface area contributed by atoms with Gasteiger partial charge in [-0.1, -0.05) is 0 Å². The van der Waals surface area contributed by atoms with Gasteiger partial charge < -0.3 is 9.64 Å². The molecular formula is C20H25N5O4S. The summed E-state index contributed by atoms with van der Waals surface area (Å²) in [6.07, 6.45) is 4.21. The maximum atomic E-state index is 12.3.